The van der Waals surface area contributed by atoms with Crippen LogP contribution in [0.25, 0.3) is 6.08 Å². The predicted molar refractivity (Wildman–Crippen MR) is 171 cm³/mol. The number of aromatic nitrogens is 1. The maximum absolute atomic E-state index is 10.6. The van der Waals surface area contributed by atoms with Crippen LogP contribution in [0.15, 0.2) is 52.7 Å². The van der Waals surface area contributed by atoms with E-state index in [1.54, 1.807) is 12.3 Å². The van der Waals surface area contributed by atoms with Crippen molar-refractivity contribution in [3.8, 4) is 0 Å². The Labute approximate surface area is 254 Å². The van der Waals surface area contributed by atoms with Crippen molar-refractivity contribution in [2.45, 2.75) is 136 Å². The number of allylic oxidation sites excluding steroid dienone is 3. The highest BCUT2D eigenvalue weighted by Crippen LogP contribution is 2.33. The molecule has 7 heteroatoms. The topological polar surface area (TPSA) is 113 Å². The Bertz CT molecular complexity index is 962. The van der Waals surface area contributed by atoms with Gasteiger partial charge < -0.3 is 24.5 Å². The first-order valence-electron chi connectivity index (χ1n) is 16.0. The lowest BCUT2D eigenvalue weighted by atomic mass is 9.95. The quantitative estimate of drug-likeness (QED) is 0.0794. The van der Waals surface area contributed by atoms with Crippen molar-refractivity contribution in [3.05, 3.63) is 59.9 Å². The van der Waals surface area contributed by atoms with Crippen molar-refractivity contribution in [2.75, 3.05) is 6.61 Å². The van der Waals surface area contributed by atoms with Crippen LogP contribution in [-0.2, 0) is 9.53 Å². The lowest BCUT2D eigenvalue weighted by Crippen LogP contribution is -2.27. The minimum absolute atomic E-state index is 0.0212. The number of aliphatic carboxylic acids is 1. The van der Waals surface area contributed by atoms with E-state index in [0.29, 0.717) is 31.1 Å². The molecule has 0 spiro atoms. The highest BCUT2D eigenvalue weighted by molar-refractivity contribution is 5.79. The molecule has 0 aliphatic carbocycles. The molecule has 4 unspecified atom stereocenters. The fraction of sp³-hybridized carbons (Fsp3) is 0.657. The van der Waals surface area contributed by atoms with Crippen LogP contribution >= 0.6 is 0 Å². The fourth-order valence-electron chi connectivity index (χ4n) is 5.28. The molecule has 1 saturated heterocycles. The van der Waals surface area contributed by atoms with E-state index in [2.05, 4.69) is 37.6 Å². The number of oxazole rings is 1. The largest absolute Gasteiger partial charge is 0.478 e. The first-order chi connectivity index (χ1) is 20.3. The van der Waals surface area contributed by atoms with Gasteiger partial charge in [0, 0.05) is 12.7 Å². The molecule has 4 atom stereocenters. The van der Waals surface area contributed by atoms with Gasteiger partial charge in [0.15, 0.2) is 0 Å². The second kappa shape index (κ2) is 23.0. The summed E-state index contributed by atoms with van der Waals surface area (Å²) in [5, 5.41) is 28.1. The molecule has 2 heterocycles. The second-order valence-electron chi connectivity index (χ2n) is 11.3. The van der Waals surface area contributed by atoms with E-state index in [-0.39, 0.29) is 18.8 Å². The molecule has 238 valence electrons. The summed E-state index contributed by atoms with van der Waals surface area (Å²) >= 11 is 0. The van der Waals surface area contributed by atoms with Crippen LogP contribution in [0.2, 0.25) is 0 Å². The van der Waals surface area contributed by atoms with Gasteiger partial charge in [0.2, 0.25) is 5.89 Å². The van der Waals surface area contributed by atoms with Gasteiger partial charge in [-0.25, -0.2) is 9.78 Å². The van der Waals surface area contributed by atoms with Gasteiger partial charge in [-0.1, -0.05) is 69.6 Å². The molecule has 1 aliphatic heterocycles. The van der Waals surface area contributed by atoms with Crippen molar-refractivity contribution < 1.29 is 29.3 Å². The smallest absolute Gasteiger partial charge is 0.327 e. The van der Waals surface area contributed by atoms with Crippen molar-refractivity contribution in [3.63, 3.8) is 0 Å². The normalized spacial score (nSPS) is 19.0. The van der Waals surface area contributed by atoms with E-state index in [0.717, 1.165) is 75.1 Å². The molecule has 1 aromatic rings. The van der Waals surface area contributed by atoms with Gasteiger partial charge in [-0.15, -0.1) is 0 Å². The number of ether oxygens (including phenoxy) is 1. The first-order valence-corrected chi connectivity index (χ1v) is 16.0. The SMILES string of the molecule is C=C(CCC/C=C\C(=O)O)CC(O)CC1CCCC(c2coc(/C=C/CCCCC(C)C/C(C)=C/CCO)n2)O1.CC. The molecule has 2 rings (SSSR count). The third-order valence-corrected chi connectivity index (χ3v) is 7.31. The summed E-state index contributed by atoms with van der Waals surface area (Å²) < 4.78 is 12.0. The zero-order valence-electron chi connectivity index (χ0n) is 26.6. The summed E-state index contributed by atoms with van der Waals surface area (Å²) in [6.07, 6.45) is 22.7. The summed E-state index contributed by atoms with van der Waals surface area (Å²) in [5.41, 5.74) is 3.16. The third kappa shape index (κ3) is 17.5. The van der Waals surface area contributed by atoms with Crippen molar-refractivity contribution in [1.82, 2.24) is 4.98 Å². The Morgan fingerprint density at radius 3 is 2.64 bits per heavy atom. The van der Waals surface area contributed by atoms with Crippen LogP contribution in [0.5, 0.6) is 0 Å². The number of rotatable bonds is 20. The summed E-state index contributed by atoms with van der Waals surface area (Å²) in [4.78, 5) is 15.1. The van der Waals surface area contributed by atoms with Crippen LogP contribution in [-0.4, -0.2) is 45.1 Å². The van der Waals surface area contributed by atoms with Gasteiger partial charge in [-0.2, -0.15) is 0 Å². The van der Waals surface area contributed by atoms with Crippen molar-refractivity contribution >= 4 is 12.0 Å². The number of carbonyl (C=O) groups is 1. The number of unbranched alkanes of at least 4 members (excludes halogenated alkanes) is 3. The van der Waals surface area contributed by atoms with Gasteiger partial charge in [0.1, 0.15) is 18.1 Å². The first kappa shape index (κ1) is 37.5. The lowest BCUT2D eigenvalue weighted by molar-refractivity contribution is -0.131. The average molecular weight is 588 g/mol. The van der Waals surface area contributed by atoms with E-state index in [1.165, 1.54) is 18.4 Å². The monoisotopic (exact) mass is 587 g/mol. The zero-order valence-corrected chi connectivity index (χ0v) is 26.6. The Kier molecular flexibility index (Phi) is 20.6. The highest BCUT2D eigenvalue weighted by Gasteiger charge is 2.27. The Balaban J connectivity index is 0.00000431. The third-order valence-electron chi connectivity index (χ3n) is 7.31. The number of nitrogens with zero attached hydrogens (tertiary/aromatic N) is 1. The summed E-state index contributed by atoms with van der Waals surface area (Å²) in [7, 11) is 0. The molecule has 1 fully saturated rings. The number of carboxylic acid groups (broad SMARTS) is 1. The van der Waals surface area contributed by atoms with Gasteiger partial charge in [-0.05, 0) is 96.0 Å². The van der Waals surface area contributed by atoms with Gasteiger partial charge in [0.05, 0.1) is 12.2 Å². The highest BCUT2D eigenvalue weighted by atomic mass is 16.5. The number of hydrogen-bond acceptors (Lipinski definition) is 6. The van der Waals surface area contributed by atoms with Crippen molar-refractivity contribution in [1.29, 1.82) is 0 Å². The predicted octanol–water partition coefficient (Wildman–Crippen LogP) is 8.75. The Morgan fingerprint density at radius 1 is 1.14 bits per heavy atom. The summed E-state index contributed by atoms with van der Waals surface area (Å²) in [6.45, 7) is 12.7. The van der Waals surface area contributed by atoms with Crippen LogP contribution in [0.4, 0.5) is 0 Å². The van der Waals surface area contributed by atoms with Crippen LogP contribution in [0, 0.1) is 5.92 Å². The summed E-state index contributed by atoms with van der Waals surface area (Å²) in [5.74, 6) is 0.334. The molecular weight excluding hydrogens is 530 g/mol. The molecule has 0 radical (unpaired) electrons. The van der Waals surface area contributed by atoms with Crippen molar-refractivity contribution in [2.24, 2.45) is 5.92 Å². The van der Waals surface area contributed by atoms with Crippen LogP contribution in [0.1, 0.15) is 135 Å². The standard InChI is InChI=1S/C33H51NO6.C2H6/c1-25(21-26(2)15-12-20-35)13-7-4-5-9-18-32-34-30(24-39-32)31-17-11-16-29(40-31)23-28(36)22-27(3)14-8-6-10-19-33(37)38;1-2/h9-10,15,18-19,24-25,28-29,31,35-36H,3-8,11-14,16-17,20-23H2,1-2H3,(H,37,38);1-2H3/b18-9+,19-10-,26-15+;. The van der Waals surface area contributed by atoms with E-state index >= 15 is 0 Å². The van der Waals surface area contributed by atoms with Gasteiger partial charge >= 0.3 is 5.97 Å². The Hall–Kier alpha value is -2.48. The molecule has 0 saturated carbocycles. The van der Waals surface area contributed by atoms with Gasteiger partial charge in [-0.3, -0.25) is 0 Å². The lowest BCUT2D eigenvalue weighted by Gasteiger charge is -2.30. The molecule has 7 nitrogen and oxygen atoms in total. The van der Waals surface area contributed by atoms with E-state index in [1.807, 2.05) is 19.9 Å². The molecular formula is C35H57NO6. The molecule has 0 aromatic carbocycles. The number of aliphatic hydroxyl groups is 2. The fourth-order valence-corrected chi connectivity index (χ4v) is 5.28. The zero-order chi connectivity index (χ0) is 31.2. The number of carboxylic acids is 1. The maximum Gasteiger partial charge on any atom is 0.327 e. The second-order valence-corrected chi connectivity index (χ2v) is 11.3. The average Bonchev–Trinajstić information content (AvgIpc) is 3.43. The van der Waals surface area contributed by atoms with Crippen LogP contribution < -0.4 is 0 Å². The number of aliphatic hydroxyl groups excluding tert-OH is 2. The molecule has 3 N–H and O–H groups in total. The maximum atomic E-state index is 10.6. The Morgan fingerprint density at radius 2 is 1.90 bits per heavy atom. The summed E-state index contributed by atoms with van der Waals surface area (Å²) in [6, 6.07) is 0. The minimum atomic E-state index is -0.930. The molecule has 42 heavy (non-hydrogen) atoms. The molecule has 0 bridgehead atoms. The van der Waals surface area contributed by atoms with Crippen LogP contribution in [0.3, 0.4) is 0 Å². The molecule has 1 aromatic heterocycles. The molecule has 1 aliphatic rings. The van der Waals surface area contributed by atoms with E-state index in [9.17, 15) is 9.90 Å². The molecule has 0 amide bonds. The van der Waals surface area contributed by atoms with E-state index < -0.39 is 12.1 Å². The van der Waals surface area contributed by atoms with E-state index in [4.69, 9.17) is 19.4 Å². The minimum Gasteiger partial charge on any atom is -0.478 e. The number of hydrogen-bond donors (Lipinski definition) is 3. The van der Waals surface area contributed by atoms with Gasteiger partial charge in [0.25, 0.3) is 0 Å².